The fraction of sp³-hybridized carbons (Fsp3) is 0.175. The van der Waals surface area contributed by atoms with Crippen LogP contribution in [0.15, 0.2) is 243 Å². The standard InChI is InChI=1S/C27H22N2O4.C25H18N2O4.C24H20N2O2.2C22H16N2O/c1-2-33-20(30)13-14-29-19-10-6-5-9-17(19)22-24-23(26(31)28-27(24)32)18-12-11-15-7-3-4-8-16(15)21(18)25(22)29;28-18(29)11-12-27-17-8-4-3-7-15(17)20-22-21(24(30)26-25(22)31)16-10-9-13-5-1-2-6-14(13)19(16)23(20)27;27-12-11-26-19-8-4-3-7-17(19)21-22-18(13-25-24(22)28)16-10-9-14-5-1-2-6-15(14)20(16)23(21)26;25-22-20-16(11-23-22)14-10-9-12-5-1-2-6-13(12)18(14)21-19(20)15-7-3-4-8-17(15)24-21;25-22-20-15-10-9-12-5-1-2-6-13(12)18(15)21-19(16(20)11-23-22)14-7-3-4-8-17(14)24-21/h3-10H,2,11-14H2,1H3,(H,28,31,32);1-8H,9-12H2,(H,28,29)(H,26,30,31);1-8,27H,9-13H2,(H,25,28);2*1-8,24H,9-11H2,(H,23,25). The number of H-pyrrole nitrogens is 2. The number of aliphatic hydroxyl groups is 1. The number of carboxylic acid groups (broad SMARTS) is 1. The maximum absolute atomic E-state index is 13.0. The summed E-state index contributed by atoms with van der Waals surface area (Å²) in [6.45, 7) is 5.29. The Labute approximate surface area is 811 Å². The van der Waals surface area contributed by atoms with Crippen LogP contribution in [0.1, 0.15) is 165 Å². The first kappa shape index (κ1) is 85.3. The number of carbonyl (C=O) groups is 9. The molecule has 20 aromatic rings. The summed E-state index contributed by atoms with van der Waals surface area (Å²) in [4.78, 5) is 121. The highest BCUT2D eigenvalue weighted by Crippen LogP contribution is 2.54. The number of aromatic amines is 2. The van der Waals surface area contributed by atoms with Crippen molar-refractivity contribution in [1.29, 1.82) is 0 Å². The number of carbonyl (C=O) groups excluding carboxylic acids is 8. The third-order valence-electron chi connectivity index (χ3n) is 31.1. The lowest BCUT2D eigenvalue weighted by atomic mass is 9.80. The minimum atomic E-state index is -0.880. The molecule has 10 aliphatic rings. The van der Waals surface area contributed by atoms with E-state index in [-0.39, 0.29) is 73.3 Å². The van der Waals surface area contributed by atoms with Gasteiger partial charge in [-0.15, -0.1) is 0 Å². The highest BCUT2D eigenvalue weighted by molar-refractivity contribution is 6.35. The lowest BCUT2D eigenvalue weighted by Gasteiger charge is -2.24. The minimum absolute atomic E-state index is 0.0218. The van der Waals surface area contributed by atoms with Gasteiger partial charge in [0.15, 0.2) is 0 Å². The first-order valence-corrected chi connectivity index (χ1v) is 49.0. The van der Waals surface area contributed by atoms with E-state index >= 15 is 0 Å². The number of carboxylic acids is 1. The van der Waals surface area contributed by atoms with Crippen molar-refractivity contribution in [3.63, 3.8) is 0 Å². The van der Waals surface area contributed by atoms with Crippen molar-refractivity contribution >= 4 is 162 Å². The molecular weight excluding hydrogens is 1770 g/mol. The van der Waals surface area contributed by atoms with E-state index in [1.54, 1.807) is 6.92 Å². The quantitative estimate of drug-likeness (QED) is 0.0481. The van der Waals surface area contributed by atoms with Crippen LogP contribution in [0.4, 0.5) is 0 Å². The molecule has 694 valence electrons. The highest BCUT2D eigenvalue weighted by atomic mass is 16.5. The van der Waals surface area contributed by atoms with Gasteiger partial charge in [-0.2, -0.15) is 0 Å². The van der Waals surface area contributed by atoms with Crippen LogP contribution in [0.25, 0.3) is 165 Å². The average molecular weight is 1870 g/mol. The topological polar surface area (TPSA) is 310 Å². The molecular formula is C120H92N10O12. The Morgan fingerprint density at radius 3 is 1.05 bits per heavy atom. The number of aliphatic hydroxyl groups excluding tert-OH is 1. The Morgan fingerprint density at radius 1 is 0.296 bits per heavy atom. The van der Waals surface area contributed by atoms with Gasteiger partial charge in [0.1, 0.15) is 0 Å². The van der Waals surface area contributed by atoms with Gasteiger partial charge in [-0.3, -0.25) is 53.8 Å². The molecule has 142 heavy (non-hydrogen) atoms. The summed E-state index contributed by atoms with van der Waals surface area (Å²) in [5.74, 6) is -2.38. The maximum Gasteiger partial charge on any atom is 0.307 e. The number of aromatic nitrogens is 5. The molecule has 0 bridgehead atoms. The van der Waals surface area contributed by atoms with Crippen molar-refractivity contribution in [1.82, 2.24) is 50.3 Å². The van der Waals surface area contributed by atoms with Crippen LogP contribution in [-0.4, -0.2) is 100 Å². The lowest BCUT2D eigenvalue weighted by Crippen LogP contribution is -2.20. The monoisotopic (exact) mass is 1860 g/mol. The van der Waals surface area contributed by atoms with Crippen LogP contribution in [0.3, 0.4) is 0 Å². The van der Waals surface area contributed by atoms with Crippen molar-refractivity contribution < 1.29 is 58.1 Å². The number of aryl methyl sites for hydroxylation is 7. The summed E-state index contributed by atoms with van der Waals surface area (Å²) in [5, 5.41) is 43.4. The normalized spacial score (nSPS) is 14.7. The van der Waals surface area contributed by atoms with Gasteiger partial charge in [-0.25, -0.2) is 0 Å². The van der Waals surface area contributed by atoms with E-state index in [0.717, 1.165) is 205 Å². The fourth-order valence-electron chi connectivity index (χ4n) is 25.5. The second-order valence-electron chi connectivity index (χ2n) is 38.2. The Bertz CT molecular complexity index is 9140. The van der Waals surface area contributed by atoms with E-state index in [9.17, 15) is 53.4 Å². The van der Waals surface area contributed by atoms with Gasteiger partial charge < -0.3 is 54.6 Å². The summed E-state index contributed by atoms with van der Waals surface area (Å²) in [6.07, 6.45) is 9.02. The molecule has 0 saturated carbocycles. The number of nitrogens with one attached hydrogen (secondary N) is 7. The molecule has 15 aromatic carbocycles. The number of esters is 1. The molecule has 0 fully saturated rings. The van der Waals surface area contributed by atoms with Crippen LogP contribution >= 0.6 is 0 Å². The Kier molecular flexibility index (Phi) is 20.0. The molecule has 0 spiro atoms. The van der Waals surface area contributed by atoms with E-state index in [1.807, 2.05) is 108 Å². The number of imide groups is 2. The second kappa shape index (κ2) is 33.3. The molecule has 0 atom stereocenters. The molecule has 0 saturated heterocycles. The van der Waals surface area contributed by atoms with E-state index < -0.39 is 5.97 Å². The van der Waals surface area contributed by atoms with E-state index in [2.05, 4.69) is 185 Å². The molecule has 10 heterocycles. The average Bonchev–Trinajstić information content (AvgIpc) is 1.46. The number of ether oxygens (including phenoxy) is 1. The molecule has 9 N–H and O–H groups in total. The van der Waals surface area contributed by atoms with Crippen LogP contribution in [0.2, 0.25) is 0 Å². The molecule has 0 radical (unpaired) electrons. The number of aliphatic carboxylic acids is 1. The summed E-state index contributed by atoms with van der Waals surface area (Å²) in [7, 11) is 0. The first-order chi connectivity index (χ1) is 69.6. The molecule has 30 rings (SSSR count). The Balaban J connectivity index is 0.0000000912. The predicted octanol–water partition coefficient (Wildman–Crippen LogP) is 20.8. The number of benzene rings is 15. The van der Waals surface area contributed by atoms with Crippen LogP contribution in [0.5, 0.6) is 0 Å². The number of rotatable bonds is 9. The minimum Gasteiger partial charge on any atom is -0.481 e. The lowest BCUT2D eigenvalue weighted by molar-refractivity contribution is -0.143. The summed E-state index contributed by atoms with van der Waals surface area (Å²) >= 11 is 0. The molecule has 5 aliphatic carbocycles. The third-order valence-corrected chi connectivity index (χ3v) is 31.1. The predicted molar refractivity (Wildman–Crippen MR) is 552 cm³/mol. The Morgan fingerprint density at radius 2 is 0.613 bits per heavy atom. The smallest absolute Gasteiger partial charge is 0.307 e. The zero-order valence-corrected chi connectivity index (χ0v) is 77.6. The molecule has 5 aliphatic heterocycles. The van der Waals surface area contributed by atoms with Gasteiger partial charge >= 0.3 is 11.9 Å². The number of hydrogen-bond acceptors (Lipinski definition) is 11. The van der Waals surface area contributed by atoms with Crippen LogP contribution in [-0.2, 0) is 118 Å². The van der Waals surface area contributed by atoms with Crippen LogP contribution in [0, 0.1) is 0 Å². The number of para-hydroxylation sites is 5. The maximum atomic E-state index is 13.0. The largest absolute Gasteiger partial charge is 0.481 e. The number of fused-ring (bicyclic) bond motifs is 50. The first-order valence-electron chi connectivity index (χ1n) is 49.0. The fourth-order valence-corrected chi connectivity index (χ4v) is 25.5. The second-order valence-corrected chi connectivity index (χ2v) is 38.2. The van der Waals surface area contributed by atoms with Gasteiger partial charge in [-0.05, 0) is 202 Å². The van der Waals surface area contributed by atoms with Crippen molar-refractivity contribution in [2.45, 2.75) is 123 Å². The van der Waals surface area contributed by atoms with Crippen molar-refractivity contribution in [2.24, 2.45) is 0 Å². The zero-order chi connectivity index (χ0) is 95.9. The van der Waals surface area contributed by atoms with Gasteiger partial charge in [0.2, 0.25) is 0 Å². The van der Waals surface area contributed by atoms with Gasteiger partial charge in [-0.1, -0.05) is 212 Å². The van der Waals surface area contributed by atoms with Crippen LogP contribution < -0.4 is 26.6 Å². The SMILES string of the molecule is CCOC(=O)CCn1c2ccccc2c2c3c(c4c(c21)-c1ccccc1CC4)C(=O)NC3=O.O=C(O)CCn1c2ccccc2c2c3c(c4c(c21)-c1ccccc1CC4)C(=O)NC3=O.O=C1NCc2c1c1c(c3[nH]c4ccccc4c23)-c2ccccc2CC1.O=C1NCc2c3c(c4[nH]c5ccccc5c4c21)-c1ccccc1CC3.O=C1NCc2c3c(c4c(c21)c1ccccc1n4CCO)-c1ccccc1CC3. The van der Waals surface area contributed by atoms with E-state index in [1.165, 1.54) is 99.7 Å². The molecule has 5 aromatic heterocycles. The van der Waals surface area contributed by atoms with E-state index in [0.29, 0.717) is 74.4 Å². The summed E-state index contributed by atoms with van der Waals surface area (Å²) < 4.78 is 11.5. The summed E-state index contributed by atoms with van der Waals surface area (Å²) in [6, 6.07) is 82.7. The number of nitrogens with zero attached hydrogens (tertiary/aromatic N) is 3. The summed E-state index contributed by atoms with van der Waals surface area (Å²) in [5.41, 5.74) is 42.1. The molecule has 7 amide bonds. The van der Waals surface area contributed by atoms with Gasteiger partial charge in [0.05, 0.1) is 87.0 Å². The zero-order valence-electron chi connectivity index (χ0n) is 77.6. The van der Waals surface area contributed by atoms with Crippen molar-refractivity contribution in [3.05, 3.63) is 354 Å². The number of amides is 7. The van der Waals surface area contributed by atoms with Crippen molar-refractivity contribution in [2.75, 3.05) is 13.2 Å². The molecule has 22 heteroatoms. The van der Waals surface area contributed by atoms with Gasteiger partial charge in [0, 0.05) is 154 Å². The highest BCUT2D eigenvalue weighted by Gasteiger charge is 2.43. The van der Waals surface area contributed by atoms with Crippen molar-refractivity contribution in [3.8, 4) is 55.6 Å². The Hall–Kier alpha value is -17.1. The van der Waals surface area contributed by atoms with E-state index in [4.69, 9.17) is 4.74 Å². The molecule has 0 unspecified atom stereocenters. The third kappa shape index (κ3) is 12.9. The number of hydrogen-bond donors (Lipinski definition) is 9. The molecule has 22 nitrogen and oxygen atoms in total. The van der Waals surface area contributed by atoms with Gasteiger partial charge in [0.25, 0.3) is 41.4 Å².